The molecule has 0 saturated carbocycles. The van der Waals surface area contributed by atoms with E-state index in [0.29, 0.717) is 16.6 Å². The summed E-state index contributed by atoms with van der Waals surface area (Å²) in [4.78, 5) is 0. The molecule has 3 rings (SSSR count). The van der Waals surface area contributed by atoms with E-state index < -0.39 is 0 Å². The zero-order valence-electron chi connectivity index (χ0n) is 10.2. The Hall–Kier alpha value is -1.38. The predicted molar refractivity (Wildman–Crippen MR) is 79.4 cm³/mol. The SMILES string of the molecule is Clc1cc(Cl)cc(CNc2ccc3c(c2)CCO3)c1. The van der Waals surface area contributed by atoms with Crippen LogP contribution < -0.4 is 10.1 Å². The zero-order valence-corrected chi connectivity index (χ0v) is 11.8. The molecule has 4 heteroatoms. The van der Waals surface area contributed by atoms with Gasteiger partial charge in [-0.05, 0) is 47.5 Å². The molecule has 0 aromatic heterocycles. The summed E-state index contributed by atoms with van der Waals surface area (Å²) in [7, 11) is 0. The molecule has 0 aliphatic carbocycles. The van der Waals surface area contributed by atoms with E-state index in [2.05, 4.69) is 11.4 Å². The minimum atomic E-state index is 0.659. The lowest BCUT2D eigenvalue weighted by atomic mass is 10.1. The Morgan fingerprint density at radius 1 is 1.05 bits per heavy atom. The van der Waals surface area contributed by atoms with Crippen molar-refractivity contribution in [3.63, 3.8) is 0 Å². The predicted octanol–water partition coefficient (Wildman–Crippen LogP) is 4.54. The maximum absolute atomic E-state index is 5.98. The fraction of sp³-hybridized carbons (Fsp3) is 0.200. The first kappa shape index (κ1) is 12.6. The van der Waals surface area contributed by atoms with Crippen molar-refractivity contribution in [1.29, 1.82) is 0 Å². The van der Waals surface area contributed by atoms with Gasteiger partial charge in [0.1, 0.15) is 5.75 Å². The van der Waals surface area contributed by atoms with Crippen molar-refractivity contribution in [2.24, 2.45) is 0 Å². The molecule has 1 aliphatic rings. The molecule has 2 aromatic rings. The van der Waals surface area contributed by atoms with E-state index in [1.165, 1.54) is 5.56 Å². The number of nitrogens with one attached hydrogen (secondary N) is 1. The van der Waals surface area contributed by atoms with Crippen LogP contribution >= 0.6 is 23.2 Å². The minimum absolute atomic E-state index is 0.659. The van der Waals surface area contributed by atoms with Gasteiger partial charge in [-0.15, -0.1) is 0 Å². The number of hydrogen-bond acceptors (Lipinski definition) is 2. The number of benzene rings is 2. The van der Waals surface area contributed by atoms with Crippen molar-refractivity contribution in [1.82, 2.24) is 0 Å². The molecule has 19 heavy (non-hydrogen) atoms. The lowest BCUT2D eigenvalue weighted by Crippen LogP contribution is -1.99. The summed E-state index contributed by atoms with van der Waals surface area (Å²) in [5.74, 6) is 0.997. The number of anilines is 1. The number of fused-ring (bicyclic) bond motifs is 1. The summed E-state index contributed by atoms with van der Waals surface area (Å²) in [5.41, 5.74) is 3.41. The summed E-state index contributed by atoms with van der Waals surface area (Å²) < 4.78 is 5.48. The molecule has 0 radical (unpaired) electrons. The second kappa shape index (κ2) is 5.32. The fourth-order valence-electron chi connectivity index (χ4n) is 2.21. The molecule has 0 saturated heterocycles. The maximum atomic E-state index is 5.98. The molecule has 1 N–H and O–H groups in total. The maximum Gasteiger partial charge on any atom is 0.122 e. The molecule has 0 bridgehead atoms. The summed E-state index contributed by atoms with van der Waals surface area (Å²) in [6.07, 6.45) is 0.980. The van der Waals surface area contributed by atoms with Crippen molar-refractivity contribution in [2.45, 2.75) is 13.0 Å². The van der Waals surface area contributed by atoms with Gasteiger partial charge < -0.3 is 10.1 Å². The Morgan fingerprint density at radius 2 is 1.84 bits per heavy atom. The molecule has 98 valence electrons. The first-order valence-electron chi connectivity index (χ1n) is 6.15. The molecular weight excluding hydrogens is 281 g/mol. The van der Waals surface area contributed by atoms with Gasteiger partial charge in [-0.25, -0.2) is 0 Å². The third-order valence-corrected chi connectivity index (χ3v) is 3.54. The summed E-state index contributed by atoms with van der Waals surface area (Å²) in [5, 5.41) is 4.69. The Bertz CT molecular complexity index is 593. The van der Waals surface area contributed by atoms with Crippen LogP contribution in [0.3, 0.4) is 0 Å². The van der Waals surface area contributed by atoms with E-state index in [1.54, 1.807) is 6.07 Å². The molecule has 2 nitrogen and oxygen atoms in total. The number of hydrogen-bond donors (Lipinski definition) is 1. The molecular formula is C15H13Cl2NO. The molecule has 0 fully saturated rings. The molecule has 1 aliphatic heterocycles. The third-order valence-electron chi connectivity index (χ3n) is 3.11. The molecule has 0 spiro atoms. The van der Waals surface area contributed by atoms with Crippen LogP contribution in [0.2, 0.25) is 10.0 Å². The third kappa shape index (κ3) is 2.96. The Balaban J connectivity index is 1.72. The van der Waals surface area contributed by atoms with E-state index in [0.717, 1.165) is 30.0 Å². The number of ether oxygens (including phenoxy) is 1. The fourth-order valence-corrected chi connectivity index (χ4v) is 2.78. The Morgan fingerprint density at radius 3 is 2.63 bits per heavy atom. The molecule has 0 unspecified atom stereocenters. The quantitative estimate of drug-likeness (QED) is 0.897. The lowest BCUT2D eigenvalue weighted by Gasteiger charge is -2.09. The van der Waals surface area contributed by atoms with Gasteiger partial charge in [0.15, 0.2) is 0 Å². The van der Waals surface area contributed by atoms with Gasteiger partial charge in [0, 0.05) is 28.7 Å². The van der Waals surface area contributed by atoms with Crippen LogP contribution in [0.4, 0.5) is 5.69 Å². The largest absolute Gasteiger partial charge is 0.493 e. The number of halogens is 2. The van der Waals surface area contributed by atoms with Crippen LogP contribution in [0.25, 0.3) is 0 Å². The summed E-state index contributed by atoms with van der Waals surface area (Å²) in [6.45, 7) is 1.47. The zero-order chi connectivity index (χ0) is 13.2. The highest BCUT2D eigenvalue weighted by Crippen LogP contribution is 2.28. The lowest BCUT2D eigenvalue weighted by molar-refractivity contribution is 0.357. The highest BCUT2D eigenvalue weighted by molar-refractivity contribution is 6.34. The Kier molecular flexibility index (Phi) is 3.54. The van der Waals surface area contributed by atoms with Crippen LogP contribution in [0.1, 0.15) is 11.1 Å². The number of rotatable bonds is 3. The second-order valence-corrected chi connectivity index (χ2v) is 5.43. The van der Waals surface area contributed by atoms with Crippen LogP contribution in [0.5, 0.6) is 5.75 Å². The molecule has 2 aromatic carbocycles. The standard InChI is InChI=1S/C15H13Cl2NO/c16-12-5-10(6-13(17)8-12)9-18-14-1-2-15-11(7-14)3-4-19-15/h1-2,5-8,18H,3-4,9H2. The van der Waals surface area contributed by atoms with Crippen molar-refractivity contribution in [3.05, 3.63) is 57.6 Å². The summed E-state index contributed by atoms with van der Waals surface area (Å²) >= 11 is 12.0. The van der Waals surface area contributed by atoms with Crippen LogP contribution in [0.15, 0.2) is 36.4 Å². The van der Waals surface area contributed by atoms with Gasteiger partial charge in [0.2, 0.25) is 0 Å². The first-order valence-corrected chi connectivity index (χ1v) is 6.91. The van der Waals surface area contributed by atoms with Gasteiger partial charge in [-0.3, -0.25) is 0 Å². The van der Waals surface area contributed by atoms with Gasteiger partial charge in [-0.2, -0.15) is 0 Å². The highest BCUT2D eigenvalue weighted by Gasteiger charge is 2.11. The normalized spacial score (nSPS) is 12.9. The van der Waals surface area contributed by atoms with Gasteiger partial charge in [0.05, 0.1) is 6.61 Å². The van der Waals surface area contributed by atoms with Crippen molar-refractivity contribution in [3.8, 4) is 5.75 Å². The van der Waals surface area contributed by atoms with E-state index >= 15 is 0 Å². The van der Waals surface area contributed by atoms with Gasteiger partial charge in [0.25, 0.3) is 0 Å². The average Bonchev–Trinajstić information content (AvgIpc) is 2.82. The average molecular weight is 294 g/mol. The van der Waals surface area contributed by atoms with E-state index in [9.17, 15) is 0 Å². The smallest absolute Gasteiger partial charge is 0.122 e. The Labute approximate surface area is 122 Å². The molecule has 0 amide bonds. The van der Waals surface area contributed by atoms with Gasteiger partial charge in [-0.1, -0.05) is 23.2 Å². The van der Waals surface area contributed by atoms with Crippen LogP contribution in [-0.4, -0.2) is 6.61 Å². The first-order chi connectivity index (χ1) is 9.20. The second-order valence-electron chi connectivity index (χ2n) is 4.55. The molecule has 1 heterocycles. The summed E-state index contributed by atoms with van der Waals surface area (Å²) in [6, 6.07) is 11.7. The van der Waals surface area contributed by atoms with E-state index in [-0.39, 0.29) is 0 Å². The van der Waals surface area contributed by atoms with E-state index in [4.69, 9.17) is 27.9 Å². The van der Waals surface area contributed by atoms with Crippen molar-refractivity contribution >= 4 is 28.9 Å². The highest BCUT2D eigenvalue weighted by atomic mass is 35.5. The van der Waals surface area contributed by atoms with E-state index in [1.807, 2.05) is 24.3 Å². The van der Waals surface area contributed by atoms with Crippen molar-refractivity contribution in [2.75, 3.05) is 11.9 Å². The van der Waals surface area contributed by atoms with Gasteiger partial charge >= 0.3 is 0 Å². The van der Waals surface area contributed by atoms with Crippen LogP contribution in [-0.2, 0) is 13.0 Å². The minimum Gasteiger partial charge on any atom is -0.493 e. The van der Waals surface area contributed by atoms with Crippen LogP contribution in [0, 0.1) is 0 Å². The molecule has 0 atom stereocenters. The monoisotopic (exact) mass is 293 g/mol. The van der Waals surface area contributed by atoms with Crippen molar-refractivity contribution < 1.29 is 4.74 Å². The topological polar surface area (TPSA) is 21.3 Å².